The normalized spacial score (nSPS) is 20.2. The lowest BCUT2D eigenvalue weighted by Gasteiger charge is -2.56. The molecular weight excluding hydrogens is 420 g/mol. The zero-order valence-electron chi connectivity index (χ0n) is 18.0. The van der Waals surface area contributed by atoms with Crippen molar-refractivity contribution in [2.45, 2.75) is 51.6 Å². The Labute approximate surface area is 183 Å². The molecule has 1 fully saturated rings. The third kappa shape index (κ3) is 3.36. The first-order valence-corrected chi connectivity index (χ1v) is 10.7. The van der Waals surface area contributed by atoms with Crippen molar-refractivity contribution in [1.82, 2.24) is 9.58 Å². The highest BCUT2D eigenvalue weighted by molar-refractivity contribution is 6.00. The van der Waals surface area contributed by atoms with Crippen molar-refractivity contribution < 1.29 is 23.5 Å². The number of aromatic nitrogens is 1. The highest BCUT2D eigenvalue weighted by Crippen LogP contribution is 2.37. The van der Waals surface area contributed by atoms with E-state index in [-0.39, 0.29) is 29.7 Å². The van der Waals surface area contributed by atoms with E-state index in [0.29, 0.717) is 19.5 Å². The zero-order valence-corrected chi connectivity index (χ0v) is 18.0. The minimum Gasteiger partial charge on any atom is -0.502 e. The number of ketones is 1. The van der Waals surface area contributed by atoms with Crippen molar-refractivity contribution in [2.24, 2.45) is 0 Å². The Balaban J connectivity index is 1.72. The number of Topliss-reactive ketones (excluding diaryl/α,β-unsaturated/α-hetero) is 1. The van der Waals surface area contributed by atoms with E-state index in [9.17, 15) is 28.3 Å². The summed E-state index contributed by atoms with van der Waals surface area (Å²) in [5, 5.41) is 12.5. The molecule has 0 aliphatic carbocycles. The van der Waals surface area contributed by atoms with Crippen molar-refractivity contribution >= 4 is 11.7 Å². The van der Waals surface area contributed by atoms with Crippen LogP contribution in [0.1, 0.15) is 65.9 Å². The second-order valence-electron chi connectivity index (χ2n) is 8.42. The summed E-state index contributed by atoms with van der Waals surface area (Å²) in [7, 11) is 0. The van der Waals surface area contributed by atoms with Crippen LogP contribution < -0.4 is 10.4 Å². The molecule has 7 nitrogen and oxygen atoms in total. The summed E-state index contributed by atoms with van der Waals surface area (Å²) >= 11 is 0. The second-order valence-corrected chi connectivity index (χ2v) is 8.42. The molecule has 9 heteroatoms. The molecule has 0 unspecified atom stereocenters. The van der Waals surface area contributed by atoms with Gasteiger partial charge in [-0.25, -0.2) is 8.78 Å². The van der Waals surface area contributed by atoms with Gasteiger partial charge < -0.3 is 10.0 Å². The Morgan fingerprint density at radius 2 is 1.97 bits per heavy atom. The van der Waals surface area contributed by atoms with Crippen LogP contribution in [0.3, 0.4) is 0 Å². The van der Waals surface area contributed by atoms with E-state index in [1.807, 2.05) is 18.9 Å². The summed E-state index contributed by atoms with van der Waals surface area (Å²) in [4.78, 5) is 40.4. The number of halogens is 2. The van der Waals surface area contributed by atoms with E-state index in [4.69, 9.17) is 0 Å². The molecule has 3 heterocycles. The number of nitrogens with zero attached hydrogens (tertiary/aromatic N) is 3. The molecule has 32 heavy (non-hydrogen) atoms. The number of carbonyl (C=O) groups is 2. The topological polar surface area (TPSA) is 82.9 Å². The van der Waals surface area contributed by atoms with Gasteiger partial charge in [-0.05, 0) is 51.2 Å². The average molecular weight is 445 g/mol. The quantitative estimate of drug-likeness (QED) is 0.716. The minimum atomic E-state index is -0.925. The molecule has 1 amide bonds. The fraction of sp³-hybridized carbons (Fsp3) is 0.435. The van der Waals surface area contributed by atoms with E-state index in [0.717, 1.165) is 25.0 Å². The maximum atomic E-state index is 13.9. The lowest BCUT2D eigenvalue weighted by Crippen LogP contribution is -2.70. The predicted octanol–water partition coefficient (Wildman–Crippen LogP) is 2.96. The number of hydrogen-bond acceptors (Lipinski definition) is 5. The minimum absolute atomic E-state index is 0.0309. The van der Waals surface area contributed by atoms with Gasteiger partial charge in [-0.1, -0.05) is 6.07 Å². The zero-order chi connectivity index (χ0) is 23.2. The SMILES string of the molecule is CCN1C(=O)c2c(O)c(=O)c(C(=O)CCc3ccc(F)cc3F)cn2N2CCCC[C@@]12C. The summed E-state index contributed by atoms with van der Waals surface area (Å²) in [6.07, 6.45) is 3.58. The fourth-order valence-electron chi connectivity index (χ4n) is 4.82. The third-order valence-corrected chi connectivity index (χ3v) is 6.53. The van der Waals surface area contributed by atoms with Crippen LogP contribution in [0.15, 0.2) is 29.2 Å². The molecule has 1 atom stereocenters. The van der Waals surface area contributed by atoms with Gasteiger partial charge in [0.2, 0.25) is 5.43 Å². The molecule has 2 aliphatic rings. The summed E-state index contributed by atoms with van der Waals surface area (Å²) in [6.45, 7) is 4.77. The molecule has 2 aliphatic heterocycles. The number of carbonyl (C=O) groups excluding carboxylic acids is 2. The van der Waals surface area contributed by atoms with Gasteiger partial charge in [-0.2, -0.15) is 0 Å². The molecule has 4 rings (SSSR count). The van der Waals surface area contributed by atoms with Crippen molar-refractivity contribution in [3.05, 3.63) is 63.1 Å². The van der Waals surface area contributed by atoms with Crippen molar-refractivity contribution in [3.8, 4) is 5.75 Å². The molecule has 0 radical (unpaired) electrons. The van der Waals surface area contributed by atoms with E-state index in [1.165, 1.54) is 16.9 Å². The molecule has 1 aromatic heterocycles. The summed E-state index contributed by atoms with van der Waals surface area (Å²) in [6, 6.07) is 3.10. The van der Waals surface area contributed by atoms with Gasteiger partial charge in [0.05, 0.1) is 5.56 Å². The first kappa shape index (κ1) is 22.0. The number of benzene rings is 1. The first-order chi connectivity index (χ1) is 15.2. The number of piperidine rings is 1. The van der Waals surface area contributed by atoms with Crippen molar-refractivity contribution in [1.29, 1.82) is 0 Å². The highest BCUT2D eigenvalue weighted by atomic mass is 19.1. The van der Waals surface area contributed by atoms with Crippen molar-refractivity contribution in [3.63, 3.8) is 0 Å². The Bertz CT molecular complexity index is 1160. The van der Waals surface area contributed by atoms with Crippen LogP contribution in [0.5, 0.6) is 5.75 Å². The Morgan fingerprint density at radius 3 is 2.66 bits per heavy atom. The number of rotatable bonds is 5. The van der Waals surface area contributed by atoms with Gasteiger partial charge in [0.15, 0.2) is 17.2 Å². The molecule has 0 bridgehead atoms. The number of hydrogen-bond donors (Lipinski definition) is 1. The third-order valence-electron chi connectivity index (χ3n) is 6.53. The smallest absolute Gasteiger partial charge is 0.278 e. The number of pyridine rings is 1. The number of fused-ring (bicyclic) bond motifs is 3. The number of amides is 1. The molecule has 2 aromatic rings. The molecule has 170 valence electrons. The predicted molar refractivity (Wildman–Crippen MR) is 113 cm³/mol. The second kappa shape index (κ2) is 8.03. The average Bonchev–Trinajstić information content (AvgIpc) is 2.75. The van der Waals surface area contributed by atoms with Crippen LogP contribution in [0, 0.1) is 11.6 Å². The van der Waals surface area contributed by atoms with E-state index in [1.54, 1.807) is 4.90 Å². The van der Waals surface area contributed by atoms with Gasteiger partial charge in [-0.15, -0.1) is 0 Å². The van der Waals surface area contributed by atoms with Gasteiger partial charge >= 0.3 is 0 Å². The highest BCUT2D eigenvalue weighted by Gasteiger charge is 2.48. The standard InChI is InChI=1S/C23H25F2N3O4/c1-3-26-22(32)19-21(31)20(30)16(13-27(19)28-11-5-4-10-23(26,28)2)18(29)9-7-14-6-8-15(24)12-17(14)25/h6,8,12-13,31H,3-5,7,9-11H2,1-2H3/t23-/m0/s1. The Kier molecular flexibility index (Phi) is 5.52. The van der Waals surface area contributed by atoms with Crippen LogP contribution in [-0.2, 0) is 6.42 Å². The largest absolute Gasteiger partial charge is 0.502 e. The van der Waals surface area contributed by atoms with Crippen LogP contribution in [0.4, 0.5) is 8.78 Å². The lowest BCUT2D eigenvalue weighted by atomic mass is 9.94. The number of aryl methyl sites for hydroxylation is 1. The molecule has 0 saturated carbocycles. The molecular formula is C23H25F2N3O4. The number of aromatic hydroxyl groups is 1. The van der Waals surface area contributed by atoms with Crippen LogP contribution >= 0.6 is 0 Å². The molecule has 1 N–H and O–H groups in total. The van der Waals surface area contributed by atoms with Crippen LogP contribution in [0.2, 0.25) is 0 Å². The molecule has 1 aromatic carbocycles. The molecule has 0 spiro atoms. The van der Waals surface area contributed by atoms with E-state index >= 15 is 0 Å². The fourth-order valence-corrected chi connectivity index (χ4v) is 4.82. The Morgan fingerprint density at radius 1 is 1.22 bits per heavy atom. The maximum Gasteiger partial charge on any atom is 0.278 e. The van der Waals surface area contributed by atoms with Crippen LogP contribution in [0.25, 0.3) is 0 Å². The monoisotopic (exact) mass is 445 g/mol. The van der Waals surface area contributed by atoms with Gasteiger partial charge in [0.25, 0.3) is 5.91 Å². The van der Waals surface area contributed by atoms with E-state index < -0.39 is 40.2 Å². The van der Waals surface area contributed by atoms with Gasteiger partial charge in [0, 0.05) is 31.8 Å². The first-order valence-electron chi connectivity index (χ1n) is 10.7. The van der Waals surface area contributed by atoms with E-state index in [2.05, 4.69) is 0 Å². The maximum absolute atomic E-state index is 13.9. The Hall–Kier alpha value is -3.23. The van der Waals surface area contributed by atoms with Gasteiger partial charge in [-0.3, -0.25) is 24.1 Å². The lowest BCUT2D eigenvalue weighted by molar-refractivity contribution is 0.0234. The summed E-state index contributed by atoms with van der Waals surface area (Å²) in [5.74, 6) is -3.30. The van der Waals surface area contributed by atoms with Gasteiger partial charge in [0.1, 0.15) is 17.3 Å². The summed E-state index contributed by atoms with van der Waals surface area (Å²) < 4.78 is 28.5. The van der Waals surface area contributed by atoms with Crippen molar-refractivity contribution in [2.75, 3.05) is 18.1 Å². The summed E-state index contributed by atoms with van der Waals surface area (Å²) in [5.41, 5.74) is -1.84. The van der Waals surface area contributed by atoms with Crippen LogP contribution in [-0.4, -0.2) is 45.1 Å². The molecule has 1 saturated heterocycles.